The van der Waals surface area contributed by atoms with Gasteiger partial charge in [0.15, 0.2) is 0 Å². The minimum Gasteiger partial charge on any atom is -0.469 e. The molecule has 0 aromatic heterocycles. The molecule has 1 saturated heterocycles. The van der Waals surface area contributed by atoms with Crippen molar-refractivity contribution in [3.63, 3.8) is 0 Å². The molecule has 30 heavy (non-hydrogen) atoms. The molecule has 0 spiro atoms. The van der Waals surface area contributed by atoms with E-state index in [1.165, 1.54) is 37.3 Å². The second-order valence-electron chi connectivity index (χ2n) is 8.41. The van der Waals surface area contributed by atoms with Crippen molar-refractivity contribution in [2.24, 2.45) is 5.92 Å². The maximum Gasteiger partial charge on any atom is 0.313 e. The third-order valence-electron chi connectivity index (χ3n) is 6.49. The van der Waals surface area contributed by atoms with Crippen LogP contribution < -0.4 is 0 Å². The Morgan fingerprint density at radius 1 is 0.967 bits per heavy atom. The van der Waals surface area contributed by atoms with E-state index >= 15 is 0 Å². The van der Waals surface area contributed by atoms with Crippen molar-refractivity contribution >= 4 is 16.7 Å². The summed E-state index contributed by atoms with van der Waals surface area (Å²) in [7, 11) is 1.50. The zero-order chi connectivity index (χ0) is 20.8. The molecule has 1 heterocycles. The fraction of sp³-hybridized carbons (Fsp3) is 0.370. The largest absolute Gasteiger partial charge is 0.469 e. The summed E-state index contributed by atoms with van der Waals surface area (Å²) in [5.74, 6) is 0.409. The van der Waals surface area contributed by atoms with Crippen LogP contribution >= 0.6 is 0 Å². The number of piperidine rings is 1. The molecule has 3 nitrogen and oxygen atoms in total. The summed E-state index contributed by atoms with van der Waals surface area (Å²) < 4.78 is 5.18. The summed E-state index contributed by atoms with van der Waals surface area (Å²) in [6, 6.07) is 25.3. The van der Waals surface area contributed by atoms with Gasteiger partial charge in [-0.05, 0) is 73.1 Å². The molecular weight excluding hydrogens is 370 g/mol. The van der Waals surface area contributed by atoms with Crippen LogP contribution in [-0.2, 0) is 16.0 Å². The Balaban J connectivity index is 1.38. The Labute approximate surface area is 179 Å². The first kappa shape index (κ1) is 20.6. The second kappa shape index (κ2) is 9.90. The SMILES string of the molecule is COC(=O)C(CCN1CCC(Cc2ccccc2)CC1)c1cccc2ccccc12. The molecule has 3 aromatic carbocycles. The molecule has 1 aliphatic heterocycles. The predicted molar refractivity (Wildman–Crippen MR) is 123 cm³/mol. The first-order valence-corrected chi connectivity index (χ1v) is 11.1. The highest BCUT2D eigenvalue weighted by Gasteiger charge is 2.26. The molecule has 156 valence electrons. The number of esters is 1. The number of hydrogen-bond donors (Lipinski definition) is 0. The highest BCUT2D eigenvalue weighted by molar-refractivity contribution is 5.91. The molecule has 0 N–H and O–H groups in total. The van der Waals surface area contributed by atoms with E-state index in [0.29, 0.717) is 0 Å². The lowest BCUT2D eigenvalue weighted by molar-refractivity contribution is -0.142. The van der Waals surface area contributed by atoms with Gasteiger partial charge in [0.2, 0.25) is 0 Å². The lowest BCUT2D eigenvalue weighted by atomic mass is 9.88. The van der Waals surface area contributed by atoms with Crippen LogP contribution in [0.4, 0.5) is 0 Å². The van der Waals surface area contributed by atoms with Crippen molar-refractivity contribution in [3.8, 4) is 0 Å². The van der Waals surface area contributed by atoms with Crippen LogP contribution in [0.2, 0.25) is 0 Å². The van der Waals surface area contributed by atoms with Crippen molar-refractivity contribution in [2.45, 2.75) is 31.6 Å². The summed E-state index contributed by atoms with van der Waals surface area (Å²) in [6.45, 7) is 3.16. The van der Waals surface area contributed by atoms with Crippen LogP contribution in [0.5, 0.6) is 0 Å². The Morgan fingerprint density at radius 3 is 2.43 bits per heavy atom. The third-order valence-corrected chi connectivity index (χ3v) is 6.49. The van der Waals surface area contributed by atoms with Crippen LogP contribution in [0.15, 0.2) is 72.8 Å². The molecule has 0 radical (unpaired) electrons. The fourth-order valence-electron chi connectivity index (χ4n) is 4.77. The van der Waals surface area contributed by atoms with E-state index in [1.54, 1.807) is 0 Å². The zero-order valence-corrected chi connectivity index (χ0v) is 17.8. The van der Waals surface area contributed by atoms with E-state index in [0.717, 1.165) is 42.9 Å². The van der Waals surface area contributed by atoms with Crippen LogP contribution in [0.25, 0.3) is 10.8 Å². The van der Waals surface area contributed by atoms with Gasteiger partial charge in [-0.2, -0.15) is 0 Å². The molecule has 3 aromatic rings. The van der Waals surface area contributed by atoms with E-state index in [1.807, 2.05) is 18.2 Å². The normalized spacial score (nSPS) is 16.4. The molecule has 0 amide bonds. The molecule has 1 aliphatic rings. The van der Waals surface area contributed by atoms with Gasteiger partial charge in [0.1, 0.15) is 0 Å². The maximum atomic E-state index is 12.6. The summed E-state index contributed by atoms with van der Waals surface area (Å²) in [5.41, 5.74) is 2.52. The number of benzene rings is 3. The van der Waals surface area contributed by atoms with E-state index < -0.39 is 0 Å². The molecule has 1 fully saturated rings. The second-order valence-corrected chi connectivity index (χ2v) is 8.41. The molecule has 0 bridgehead atoms. The van der Waals surface area contributed by atoms with E-state index in [2.05, 4.69) is 59.5 Å². The van der Waals surface area contributed by atoms with Crippen LogP contribution in [0.3, 0.4) is 0 Å². The third kappa shape index (κ3) is 4.91. The van der Waals surface area contributed by atoms with Gasteiger partial charge in [0, 0.05) is 0 Å². The number of carbonyl (C=O) groups is 1. The molecule has 4 rings (SSSR count). The number of ether oxygens (including phenoxy) is 1. The average molecular weight is 402 g/mol. The number of likely N-dealkylation sites (tertiary alicyclic amines) is 1. The number of methoxy groups -OCH3 is 1. The van der Waals surface area contributed by atoms with Crippen molar-refractivity contribution in [2.75, 3.05) is 26.7 Å². The summed E-state index contributed by atoms with van der Waals surface area (Å²) in [4.78, 5) is 15.2. The van der Waals surface area contributed by atoms with Gasteiger partial charge in [-0.15, -0.1) is 0 Å². The molecule has 3 heteroatoms. The zero-order valence-electron chi connectivity index (χ0n) is 17.8. The molecule has 0 saturated carbocycles. The van der Waals surface area contributed by atoms with Crippen LogP contribution in [0.1, 0.15) is 36.3 Å². The smallest absolute Gasteiger partial charge is 0.313 e. The quantitative estimate of drug-likeness (QED) is 0.494. The minimum absolute atomic E-state index is 0.134. The maximum absolute atomic E-state index is 12.6. The van der Waals surface area contributed by atoms with Gasteiger partial charge < -0.3 is 9.64 Å². The van der Waals surface area contributed by atoms with E-state index in [4.69, 9.17) is 4.74 Å². The molecule has 1 atom stereocenters. The van der Waals surface area contributed by atoms with Gasteiger partial charge in [-0.1, -0.05) is 72.8 Å². The predicted octanol–water partition coefficient (Wildman–Crippen LogP) is 5.44. The standard InChI is InChI=1S/C27H31NO2/c1-30-27(29)26(25-13-7-11-23-10-5-6-12-24(23)25)16-19-28-17-14-22(15-18-28)20-21-8-3-2-4-9-21/h2-13,22,26H,14-20H2,1H3. The van der Waals surface area contributed by atoms with Gasteiger partial charge in [-0.3, -0.25) is 4.79 Å². The highest BCUT2D eigenvalue weighted by Crippen LogP contribution is 2.30. The molecule has 0 aliphatic carbocycles. The average Bonchev–Trinajstić information content (AvgIpc) is 2.81. The Kier molecular flexibility index (Phi) is 6.81. The number of nitrogens with zero attached hydrogens (tertiary/aromatic N) is 1. The summed E-state index contributed by atoms with van der Waals surface area (Å²) in [5, 5.41) is 2.32. The summed E-state index contributed by atoms with van der Waals surface area (Å²) in [6.07, 6.45) is 4.43. The van der Waals surface area contributed by atoms with Crippen molar-refractivity contribution in [3.05, 3.63) is 83.9 Å². The van der Waals surface area contributed by atoms with Gasteiger partial charge in [0.05, 0.1) is 13.0 Å². The van der Waals surface area contributed by atoms with Crippen LogP contribution in [-0.4, -0.2) is 37.6 Å². The number of fused-ring (bicyclic) bond motifs is 1. The van der Waals surface area contributed by atoms with Crippen molar-refractivity contribution < 1.29 is 9.53 Å². The van der Waals surface area contributed by atoms with Crippen molar-refractivity contribution in [1.82, 2.24) is 4.90 Å². The minimum atomic E-state index is -0.219. The first-order chi connectivity index (χ1) is 14.7. The lowest BCUT2D eigenvalue weighted by Gasteiger charge is -2.32. The number of hydrogen-bond acceptors (Lipinski definition) is 3. The first-order valence-electron chi connectivity index (χ1n) is 11.1. The van der Waals surface area contributed by atoms with Gasteiger partial charge in [0.25, 0.3) is 0 Å². The van der Waals surface area contributed by atoms with Gasteiger partial charge >= 0.3 is 5.97 Å². The summed E-state index contributed by atoms with van der Waals surface area (Å²) >= 11 is 0. The number of carbonyl (C=O) groups excluding carboxylic acids is 1. The van der Waals surface area contributed by atoms with E-state index in [9.17, 15) is 4.79 Å². The Hall–Kier alpha value is -2.65. The van der Waals surface area contributed by atoms with E-state index in [-0.39, 0.29) is 11.9 Å². The Bertz CT molecular complexity index is 956. The van der Waals surface area contributed by atoms with Crippen LogP contribution in [0, 0.1) is 5.92 Å². The lowest BCUT2D eigenvalue weighted by Crippen LogP contribution is -2.36. The monoisotopic (exact) mass is 401 g/mol. The highest BCUT2D eigenvalue weighted by atomic mass is 16.5. The van der Waals surface area contributed by atoms with Crippen molar-refractivity contribution in [1.29, 1.82) is 0 Å². The molecular formula is C27H31NO2. The topological polar surface area (TPSA) is 29.5 Å². The molecule has 1 unspecified atom stereocenters. The Morgan fingerprint density at radius 2 is 1.67 bits per heavy atom. The van der Waals surface area contributed by atoms with Gasteiger partial charge in [-0.25, -0.2) is 0 Å². The number of rotatable bonds is 7. The fourth-order valence-corrected chi connectivity index (χ4v) is 4.77.